The highest BCUT2D eigenvalue weighted by Crippen LogP contribution is 2.41. The Morgan fingerprint density at radius 1 is 1.20 bits per heavy atom. The van der Waals surface area contributed by atoms with Crippen molar-refractivity contribution in [3.63, 3.8) is 0 Å². The van der Waals surface area contributed by atoms with E-state index >= 15 is 0 Å². The second-order valence-electron chi connectivity index (χ2n) is 5.41. The zero-order valence-corrected chi connectivity index (χ0v) is 9.75. The number of carbonyl (C=O) groups is 1. The van der Waals surface area contributed by atoms with Crippen molar-refractivity contribution in [3.05, 3.63) is 0 Å². The highest BCUT2D eigenvalue weighted by atomic mass is 16.2. The molecule has 3 unspecified atom stereocenters. The summed E-state index contributed by atoms with van der Waals surface area (Å²) in [6, 6.07) is 0.520. The second-order valence-corrected chi connectivity index (χ2v) is 5.41. The number of hydrazine groups is 1. The summed E-state index contributed by atoms with van der Waals surface area (Å²) in [5.41, 5.74) is 6.08. The average molecular weight is 210 g/mol. The Balaban J connectivity index is 1.77. The lowest BCUT2D eigenvalue weighted by Gasteiger charge is -2.29. The van der Waals surface area contributed by atoms with E-state index < -0.39 is 0 Å². The maximum Gasteiger partial charge on any atom is 0.236 e. The van der Waals surface area contributed by atoms with Crippen LogP contribution in [0.4, 0.5) is 0 Å². The first kappa shape index (κ1) is 10.9. The Morgan fingerprint density at radius 3 is 2.67 bits per heavy atom. The van der Waals surface area contributed by atoms with Crippen molar-refractivity contribution < 1.29 is 4.79 Å². The molecule has 0 aromatic heterocycles. The Kier molecular flexibility index (Phi) is 3.29. The molecule has 2 rings (SSSR count). The third-order valence-corrected chi connectivity index (χ3v) is 3.94. The predicted octanol–water partition coefficient (Wildman–Crippen LogP) is 1.84. The smallest absolute Gasteiger partial charge is 0.236 e. The predicted molar refractivity (Wildman–Crippen MR) is 60.0 cm³/mol. The Hall–Kier alpha value is -0.570. The van der Waals surface area contributed by atoms with Crippen molar-refractivity contribution in [1.29, 1.82) is 0 Å². The molecule has 3 atom stereocenters. The first-order chi connectivity index (χ1) is 7.16. The van der Waals surface area contributed by atoms with Gasteiger partial charge in [0.15, 0.2) is 0 Å². The van der Waals surface area contributed by atoms with E-state index in [-0.39, 0.29) is 11.8 Å². The van der Waals surface area contributed by atoms with Crippen LogP contribution in [0.3, 0.4) is 0 Å². The van der Waals surface area contributed by atoms with Crippen LogP contribution in [-0.4, -0.2) is 11.9 Å². The van der Waals surface area contributed by atoms with E-state index in [0.29, 0.717) is 6.04 Å². The van der Waals surface area contributed by atoms with Crippen LogP contribution in [-0.2, 0) is 4.79 Å². The first-order valence-electron chi connectivity index (χ1n) is 6.22. The molecule has 2 aliphatic rings. The molecule has 15 heavy (non-hydrogen) atoms. The normalized spacial score (nSPS) is 34.5. The number of hydrogen-bond donors (Lipinski definition) is 2. The standard InChI is InChI=1S/C12H22N2O/c1-8(2)12(15)14-13-11-6-4-9-3-5-10(11)7-9/h8-11,13H,3-7H2,1-2H3,(H,14,15). The van der Waals surface area contributed by atoms with E-state index in [4.69, 9.17) is 0 Å². The molecule has 0 spiro atoms. The second kappa shape index (κ2) is 4.52. The maximum absolute atomic E-state index is 11.4. The van der Waals surface area contributed by atoms with Gasteiger partial charge in [-0.3, -0.25) is 10.2 Å². The zero-order chi connectivity index (χ0) is 10.8. The van der Waals surface area contributed by atoms with Gasteiger partial charge in [0.25, 0.3) is 0 Å². The Labute approximate surface area is 92.0 Å². The van der Waals surface area contributed by atoms with Gasteiger partial charge in [0.1, 0.15) is 0 Å². The van der Waals surface area contributed by atoms with E-state index in [2.05, 4.69) is 10.9 Å². The summed E-state index contributed by atoms with van der Waals surface area (Å²) in [6.45, 7) is 3.84. The fraction of sp³-hybridized carbons (Fsp3) is 0.917. The Morgan fingerprint density at radius 2 is 1.93 bits per heavy atom. The van der Waals surface area contributed by atoms with E-state index in [1.807, 2.05) is 13.8 Å². The van der Waals surface area contributed by atoms with Crippen molar-refractivity contribution >= 4 is 5.91 Å². The molecule has 86 valence electrons. The minimum atomic E-state index is 0.0671. The minimum absolute atomic E-state index is 0.0671. The third-order valence-electron chi connectivity index (χ3n) is 3.94. The fourth-order valence-corrected chi connectivity index (χ4v) is 2.89. The van der Waals surface area contributed by atoms with Crippen LogP contribution in [0.1, 0.15) is 46.0 Å². The van der Waals surface area contributed by atoms with Gasteiger partial charge in [0, 0.05) is 12.0 Å². The van der Waals surface area contributed by atoms with Crippen LogP contribution >= 0.6 is 0 Å². The summed E-state index contributed by atoms with van der Waals surface area (Å²) in [4.78, 5) is 11.4. The maximum atomic E-state index is 11.4. The van der Waals surface area contributed by atoms with Gasteiger partial charge in [-0.1, -0.05) is 20.3 Å². The summed E-state index contributed by atoms with van der Waals surface area (Å²) in [5.74, 6) is 1.96. The third kappa shape index (κ3) is 2.51. The minimum Gasteiger partial charge on any atom is -0.291 e. The van der Waals surface area contributed by atoms with Gasteiger partial charge in [-0.05, 0) is 37.5 Å². The summed E-state index contributed by atoms with van der Waals surface area (Å²) < 4.78 is 0. The fourth-order valence-electron chi connectivity index (χ4n) is 2.89. The van der Waals surface area contributed by atoms with Gasteiger partial charge in [0.2, 0.25) is 5.91 Å². The number of fused-ring (bicyclic) bond motifs is 2. The SMILES string of the molecule is CC(C)C(=O)NNC1CCC2CCC1C2. The van der Waals surface area contributed by atoms with E-state index in [9.17, 15) is 4.79 Å². The van der Waals surface area contributed by atoms with E-state index in [0.717, 1.165) is 11.8 Å². The summed E-state index contributed by atoms with van der Waals surface area (Å²) in [7, 11) is 0. The van der Waals surface area contributed by atoms with Crippen molar-refractivity contribution in [2.45, 2.75) is 52.0 Å². The van der Waals surface area contributed by atoms with Crippen LogP contribution < -0.4 is 10.9 Å². The summed E-state index contributed by atoms with van der Waals surface area (Å²) in [6.07, 6.45) is 6.69. The number of nitrogens with one attached hydrogen (secondary N) is 2. The lowest BCUT2D eigenvalue weighted by atomic mass is 9.85. The molecule has 0 aromatic rings. The van der Waals surface area contributed by atoms with Crippen LogP contribution in [0.5, 0.6) is 0 Å². The molecule has 2 fully saturated rings. The summed E-state index contributed by atoms with van der Waals surface area (Å²) in [5, 5.41) is 0. The van der Waals surface area contributed by atoms with Crippen molar-refractivity contribution in [2.24, 2.45) is 17.8 Å². The molecule has 3 nitrogen and oxygen atoms in total. The highest BCUT2D eigenvalue weighted by Gasteiger charge is 2.35. The van der Waals surface area contributed by atoms with Crippen molar-refractivity contribution in [1.82, 2.24) is 10.9 Å². The number of hydrogen-bond acceptors (Lipinski definition) is 2. The van der Waals surface area contributed by atoms with Gasteiger partial charge >= 0.3 is 0 Å². The Bertz CT molecular complexity index is 240. The van der Waals surface area contributed by atoms with Crippen molar-refractivity contribution in [3.8, 4) is 0 Å². The van der Waals surface area contributed by atoms with Gasteiger partial charge < -0.3 is 0 Å². The number of amides is 1. The van der Waals surface area contributed by atoms with E-state index in [1.165, 1.54) is 32.1 Å². The van der Waals surface area contributed by atoms with Crippen LogP contribution in [0.2, 0.25) is 0 Å². The summed E-state index contributed by atoms with van der Waals surface area (Å²) >= 11 is 0. The molecule has 2 bridgehead atoms. The van der Waals surface area contributed by atoms with Crippen molar-refractivity contribution in [2.75, 3.05) is 0 Å². The quantitative estimate of drug-likeness (QED) is 0.698. The number of carbonyl (C=O) groups excluding carboxylic acids is 1. The molecular weight excluding hydrogens is 188 g/mol. The molecule has 2 aliphatic carbocycles. The molecule has 0 saturated heterocycles. The zero-order valence-electron chi connectivity index (χ0n) is 9.75. The lowest BCUT2D eigenvalue weighted by molar-refractivity contribution is -0.125. The van der Waals surface area contributed by atoms with Gasteiger partial charge in [-0.15, -0.1) is 0 Å². The molecule has 3 heteroatoms. The molecule has 0 heterocycles. The molecule has 1 amide bonds. The molecular formula is C12H22N2O. The molecule has 0 aromatic carbocycles. The average Bonchev–Trinajstić information content (AvgIpc) is 2.59. The first-order valence-corrected chi connectivity index (χ1v) is 6.22. The molecule has 0 radical (unpaired) electrons. The van der Waals surface area contributed by atoms with Crippen LogP contribution in [0.15, 0.2) is 0 Å². The topological polar surface area (TPSA) is 41.1 Å². The largest absolute Gasteiger partial charge is 0.291 e. The monoisotopic (exact) mass is 210 g/mol. The van der Waals surface area contributed by atoms with Crippen LogP contribution in [0.25, 0.3) is 0 Å². The lowest BCUT2D eigenvalue weighted by Crippen LogP contribution is -2.49. The van der Waals surface area contributed by atoms with Gasteiger partial charge in [-0.25, -0.2) is 5.43 Å². The van der Waals surface area contributed by atoms with Crippen LogP contribution in [0, 0.1) is 17.8 Å². The molecule has 0 aliphatic heterocycles. The molecule has 2 saturated carbocycles. The highest BCUT2D eigenvalue weighted by molar-refractivity contribution is 5.77. The number of rotatable bonds is 3. The van der Waals surface area contributed by atoms with E-state index in [1.54, 1.807) is 0 Å². The van der Waals surface area contributed by atoms with Gasteiger partial charge in [0.05, 0.1) is 0 Å². The van der Waals surface area contributed by atoms with Gasteiger partial charge in [-0.2, -0.15) is 0 Å². The molecule has 2 N–H and O–H groups in total.